The van der Waals surface area contributed by atoms with Crippen LogP contribution in [0.1, 0.15) is 46.8 Å². The van der Waals surface area contributed by atoms with Gasteiger partial charge in [0, 0.05) is 17.3 Å². The van der Waals surface area contributed by atoms with Gasteiger partial charge in [-0.2, -0.15) is 0 Å². The number of carbonyl (C=O) groups is 1. The molecule has 0 aliphatic carbocycles. The number of ether oxygens (including phenoxy) is 2. The second-order valence-electron chi connectivity index (χ2n) is 9.63. The summed E-state index contributed by atoms with van der Waals surface area (Å²) in [6, 6.07) is 7.08. The Balaban J connectivity index is 1.80. The number of nitrogens with one attached hydrogen (secondary N) is 1. The van der Waals surface area contributed by atoms with E-state index in [1.54, 1.807) is 0 Å². The average Bonchev–Trinajstić information content (AvgIpc) is 3.10. The highest BCUT2D eigenvalue weighted by Crippen LogP contribution is 2.51. The predicted octanol–water partition coefficient (Wildman–Crippen LogP) is 2.86. The van der Waals surface area contributed by atoms with E-state index in [1.807, 2.05) is 13.8 Å². The molecule has 14 heteroatoms. The van der Waals surface area contributed by atoms with Gasteiger partial charge >= 0.3 is 19.3 Å². The van der Waals surface area contributed by atoms with Gasteiger partial charge in [0.2, 0.25) is 0 Å². The van der Waals surface area contributed by atoms with Crippen LogP contribution in [-0.2, 0) is 23.4 Å². The summed E-state index contributed by atoms with van der Waals surface area (Å²) in [5.74, 6) is -1.26. The number of carbonyl (C=O) groups excluding carboxylic acids is 1. The fourth-order valence-electron chi connectivity index (χ4n) is 4.09. The van der Waals surface area contributed by atoms with Gasteiger partial charge in [-0.15, -0.1) is 0 Å². The molecule has 39 heavy (non-hydrogen) atoms. The zero-order chi connectivity index (χ0) is 29.0. The Morgan fingerprint density at radius 2 is 1.87 bits per heavy atom. The van der Waals surface area contributed by atoms with Crippen molar-refractivity contribution in [3.63, 3.8) is 0 Å². The molecule has 2 heterocycles. The van der Waals surface area contributed by atoms with Crippen LogP contribution < -0.4 is 15.8 Å². The molecule has 0 saturated carbocycles. The van der Waals surface area contributed by atoms with Crippen LogP contribution in [0.25, 0.3) is 0 Å². The zero-order valence-electron chi connectivity index (χ0n) is 22.1. The molecule has 0 amide bonds. The fourth-order valence-corrected chi connectivity index (χ4v) is 6.09. The maximum atomic E-state index is 13.9. The summed E-state index contributed by atoms with van der Waals surface area (Å²) < 4.78 is 37.4. The van der Waals surface area contributed by atoms with Gasteiger partial charge in [-0.05, 0) is 44.0 Å². The number of nitrogens with zero attached hydrogens (tertiary/aromatic N) is 1. The summed E-state index contributed by atoms with van der Waals surface area (Å²) in [5.41, 5.74) is -3.49. The summed E-state index contributed by atoms with van der Waals surface area (Å²) in [7, 11) is -4.09. The molecular weight excluding hydrogens is 555 g/mol. The number of hydrogen-bond donors (Lipinski definition) is 3. The van der Waals surface area contributed by atoms with E-state index in [4.69, 9.17) is 30.1 Å². The largest absolute Gasteiger partial charge is 0.462 e. The number of H-pyrrole nitrogens is 1. The maximum Gasteiger partial charge on any atom is 0.380 e. The van der Waals surface area contributed by atoms with Crippen molar-refractivity contribution in [2.75, 3.05) is 12.8 Å². The molecule has 216 valence electrons. The lowest BCUT2D eigenvalue weighted by atomic mass is 9.96. The molecule has 1 unspecified atom stereocenters. The van der Waals surface area contributed by atoms with E-state index in [0.29, 0.717) is 17.9 Å². The van der Waals surface area contributed by atoms with Crippen molar-refractivity contribution in [2.24, 2.45) is 5.92 Å². The topological polar surface area (TPSA) is 166 Å². The number of benzene rings is 1. The smallest absolute Gasteiger partial charge is 0.380 e. The highest BCUT2D eigenvalue weighted by molar-refractivity contribution is 7.54. The molecule has 0 spiro atoms. The summed E-state index contributed by atoms with van der Waals surface area (Å²) in [6.07, 6.45) is -2.48. The van der Waals surface area contributed by atoms with Crippen LogP contribution in [0, 0.1) is 5.92 Å². The molecule has 1 aliphatic rings. The summed E-state index contributed by atoms with van der Waals surface area (Å²) >= 11 is 5.93. The SMILES string of the molecule is CCC(CC)OC(=O)[C@H](C)CP(=O)(OC[C@H]1O[C@@H](n2ccc(=O)[nH]c2=O)[C@](C)(O)[C@@H]1O)Oc1ccc(Cl)cc1. The highest BCUT2D eigenvalue weighted by Gasteiger charge is 2.54. The molecule has 1 aromatic carbocycles. The van der Waals surface area contributed by atoms with Gasteiger partial charge in [0.1, 0.15) is 29.7 Å². The summed E-state index contributed by atoms with van der Waals surface area (Å²) in [6.45, 7) is 6.04. The van der Waals surface area contributed by atoms with Crippen LogP contribution in [0.2, 0.25) is 5.02 Å². The molecular formula is C25H34ClN2O10P. The minimum atomic E-state index is -4.09. The standard InChI is InChI=1S/C25H34ClN2O10P/c1-5-17(6-2)36-22(31)15(3)14-39(34,38-18-9-7-16(26)8-10-18)35-13-19-21(30)25(4,33)23(37-19)28-12-11-20(29)27-24(28)32/h7-12,15,17,19,21,23,30,33H,5-6,13-14H2,1-4H3,(H,27,29,32)/t15-,19-,21-,23-,25-,39?/m1/s1. The maximum absolute atomic E-state index is 13.9. The molecule has 1 aromatic heterocycles. The Morgan fingerprint density at radius 1 is 1.23 bits per heavy atom. The molecule has 0 bridgehead atoms. The average molecular weight is 589 g/mol. The number of aromatic amines is 1. The third-order valence-corrected chi connectivity index (χ3v) is 8.72. The number of rotatable bonds is 12. The van der Waals surface area contributed by atoms with E-state index in [0.717, 1.165) is 16.8 Å². The Bertz CT molecular complexity index is 1290. The molecule has 6 atom stereocenters. The highest BCUT2D eigenvalue weighted by atomic mass is 35.5. The second kappa shape index (κ2) is 12.8. The van der Waals surface area contributed by atoms with Gasteiger partial charge in [-0.1, -0.05) is 32.4 Å². The molecule has 2 aromatic rings. The van der Waals surface area contributed by atoms with E-state index in [1.165, 1.54) is 38.1 Å². The first-order chi connectivity index (χ1) is 18.3. The van der Waals surface area contributed by atoms with E-state index < -0.39 is 61.4 Å². The van der Waals surface area contributed by atoms with E-state index in [-0.39, 0.29) is 18.0 Å². The molecule has 3 N–H and O–H groups in total. The van der Waals surface area contributed by atoms with Gasteiger partial charge in [-0.25, -0.2) is 9.36 Å². The Labute approximate surface area is 230 Å². The number of esters is 1. The van der Waals surface area contributed by atoms with Crippen molar-refractivity contribution in [1.82, 2.24) is 9.55 Å². The van der Waals surface area contributed by atoms with E-state index in [9.17, 15) is 29.2 Å². The number of aliphatic hydroxyl groups is 2. The lowest BCUT2D eigenvalue weighted by Gasteiger charge is -2.27. The lowest BCUT2D eigenvalue weighted by molar-refractivity contribution is -0.153. The van der Waals surface area contributed by atoms with Gasteiger partial charge in [-0.3, -0.25) is 23.7 Å². The van der Waals surface area contributed by atoms with Gasteiger partial charge in [0.25, 0.3) is 5.56 Å². The molecule has 12 nitrogen and oxygen atoms in total. The van der Waals surface area contributed by atoms with Crippen LogP contribution in [0.3, 0.4) is 0 Å². The first-order valence-corrected chi connectivity index (χ1v) is 14.7. The van der Waals surface area contributed by atoms with Crippen LogP contribution in [0.5, 0.6) is 5.75 Å². The number of aromatic nitrogens is 2. The third kappa shape index (κ3) is 7.59. The van der Waals surface area contributed by atoms with E-state index in [2.05, 4.69) is 4.98 Å². The van der Waals surface area contributed by atoms with Crippen molar-refractivity contribution in [1.29, 1.82) is 0 Å². The van der Waals surface area contributed by atoms with Gasteiger partial charge in [0.15, 0.2) is 6.23 Å². The van der Waals surface area contributed by atoms with Crippen molar-refractivity contribution in [2.45, 2.75) is 70.7 Å². The number of aliphatic hydroxyl groups excluding tert-OH is 1. The van der Waals surface area contributed by atoms with Crippen molar-refractivity contribution >= 4 is 25.2 Å². The zero-order valence-corrected chi connectivity index (χ0v) is 23.8. The minimum absolute atomic E-state index is 0.167. The predicted molar refractivity (Wildman–Crippen MR) is 142 cm³/mol. The van der Waals surface area contributed by atoms with Gasteiger partial charge in [0.05, 0.1) is 18.7 Å². The van der Waals surface area contributed by atoms with Crippen molar-refractivity contribution < 1.29 is 38.1 Å². The Morgan fingerprint density at radius 3 is 2.46 bits per heavy atom. The minimum Gasteiger partial charge on any atom is -0.462 e. The second-order valence-corrected chi connectivity index (χ2v) is 12.1. The molecule has 0 radical (unpaired) electrons. The lowest BCUT2D eigenvalue weighted by Crippen LogP contribution is -2.46. The van der Waals surface area contributed by atoms with E-state index >= 15 is 0 Å². The van der Waals surface area contributed by atoms with Gasteiger partial charge < -0.3 is 24.2 Å². The number of halogens is 1. The van der Waals surface area contributed by atoms with Crippen molar-refractivity contribution in [3.8, 4) is 5.75 Å². The Hall–Kier alpha value is -2.47. The molecule has 3 rings (SSSR count). The monoisotopic (exact) mass is 588 g/mol. The normalized spacial score (nSPS) is 25.3. The quantitative estimate of drug-likeness (QED) is 0.248. The van der Waals surface area contributed by atoms with Crippen LogP contribution >= 0.6 is 19.2 Å². The molecule has 1 fully saturated rings. The van der Waals surface area contributed by atoms with Crippen LogP contribution in [0.15, 0.2) is 46.1 Å². The number of hydrogen-bond acceptors (Lipinski definition) is 10. The fraction of sp³-hybridized carbons (Fsp3) is 0.560. The van der Waals surface area contributed by atoms with Crippen LogP contribution in [0.4, 0.5) is 0 Å². The first kappa shape index (κ1) is 31.1. The third-order valence-electron chi connectivity index (χ3n) is 6.45. The van der Waals surface area contributed by atoms with Crippen LogP contribution in [-0.4, -0.2) is 62.4 Å². The first-order valence-electron chi connectivity index (χ1n) is 12.6. The summed E-state index contributed by atoms with van der Waals surface area (Å²) in [5, 5.41) is 22.1. The molecule has 1 aliphatic heterocycles. The summed E-state index contributed by atoms with van der Waals surface area (Å²) in [4.78, 5) is 38.4. The molecule has 1 saturated heterocycles. The van der Waals surface area contributed by atoms with Crippen molar-refractivity contribution in [3.05, 3.63) is 62.4 Å². The Kier molecular flexibility index (Phi) is 10.2.